The summed E-state index contributed by atoms with van der Waals surface area (Å²) >= 11 is 0. The first-order chi connectivity index (χ1) is 5.17. The summed E-state index contributed by atoms with van der Waals surface area (Å²) in [4.78, 5) is 0. The van der Waals surface area contributed by atoms with Crippen molar-refractivity contribution in [3.63, 3.8) is 0 Å². The van der Waals surface area contributed by atoms with Gasteiger partial charge < -0.3 is 5.73 Å². The first kappa shape index (κ1) is 12.2. The van der Waals surface area contributed by atoms with Crippen molar-refractivity contribution in [1.29, 1.82) is 0 Å². The van der Waals surface area contributed by atoms with E-state index in [0.29, 0.717) is 13.1 Å². The average Bonchev–Trinajstić information content (AvgIpc) is 2.37. The molecule has 2 N–H and O–H groups in total. The Balaban J connectivity index is 0.00000121. The van der Waals surface area contributed by atoms with Crippen molar-refractivity contribution in [3.05, 3.63) is 0 Å². The van der Waals surface area contributed by atoms with Crippen molar-refractivity contribution >= 4 is 22.4 Å². The van der Waals surface area contributed by atoms with E-state index >= 15 is 0 Å². The Kier molecular flexibility index (Phi) is 5.08. The molecule has 0 bridgehead atoms. The average molecular weight is 215 g/mol. The second-order valence-corrected chi connectivity index (χ2v) is 4.80. The topological polar surface area (TPSA) is 63.4 Å². The molecule has 1 rings (SSSR count). The minimum Gasteiger partial charge on any atom is -0.329 e. The number of nitrogens with zero attached hydrogens (tertiary/aromatic N) is 1. The molecule has 0 atom stereocenters. The van der Waals surface area contributed by atoms with E-state index in [1.54, 1.807) is 0 Å². The minimum atomic E-state index is -3.00. The third-order valence-electron chi connectivity index (χ3n) is 1.83. The molecule has 74 valence electrons. The molecule has 0 radical (unpaired) electrons. The van der Waals surface area contributed by atoms with Crippen LogP contribution in [0.25, 0.3) is 0 Å². The largest absolute Gasteiger partial charge is 0.329 e. The lowest BCUT2D eigenvalue weighted by Gasteiger charge is -2.13. The van der Waals surface area contributed by atoms with Crippen LogP contribution >= 0.6 is 12.4 Å². The molecule has 1 fully saturated rings. The Labute approximate surface area is 79.6 Å². The standard InChI is InChI=1S/C6H14N2O2S.ClH/c7-3-6-11(9,10)8-4-1-2-5-8;/h1-7H2;1H. The molecule has 0 aliphatic carbocycles. The first-order valence-electron chi connectivity index (χ1n) is 3.85. The van der Waals surface area contributed by atoms with Crippen molar-refractivity contribution < 1.29 is 8.42 Å². The predicted octanol–water partition coefficient (Wildman–Crippen LogP) is -0.208. The molecule has 12 heavy (non-hydrogen) atoms. The number of hydrogen-bond donors (Lipinski definition) is 1. The quantitative estimate of drug-likeness (QED) is 0.708. The van der Waals surface area contributed by atoms with Crippen LogP contribution in [0.5, 0.6) is 0 Å². The van der Waals surface area contributed by atoms with Crippen LogP contribution in [0.4, 0.5) is 0 Å². The van der Waals surface area contributed by atoms with Gasteiger partial charge in [-0.3, -0.25) is 0 Å². The van der Waals surface area contributed by atoms with Crippen molar-refractivity contribution in [2.75, 3.05) is 25.4 Å². The molecular formula is C6H15ClN2O2S. The molecule has 0 aromatic carbocycles. The molecule has 1 aliphatic heterocycles. The van der Waals surface area contributed by atoms with Crippen molar-refractivity contribution in [2.45, 2.75) is 12.8 Å². The zero-order valence-electron chi connectivity index (χ0n) is 6.90. The van der Waals surface area contributed by atoms with Gasteiger partial charge in [0.1, 0.15) is 0 Å². The molecule has 1 aliphatic rings. The highest BCUT2D eigenvalue weighted by Crippen LogP contribution is 2.12. The minimum absolute atomic E-state index is 0. The predicted molar refractivity (Wildman–Crippen MR) is 50.9 cm³/mol. The normalized spacial score (nSPS) is 19.1. The molecule has 1 heterocycles. The second kappa shape index (κ2) is 5.01. The van der Waals surface area contributed by atoms with E-state index in [2.05, 4.69) is 0 Å². The fourth-order valence-corrected chi connectivity index (χ4v) is 2.61. The van der Waals surface area contributed by atoms with Gasteiger partial charge in [-0.1, -0.05) is 0 Å². The van der Waals surface area contributed by atoms with E-state index in [0.717, 1.165) is 12.8 Å². The molecule has 0 unspecified atom stereocenters. The summed E-state index contributed by atoms with van der Waals surface area (Å²) in [6, 6.07) is 0. The molecular weight excluding hydrogens is 200 g/mol. The summed E-state index contributed by atoms with van der Waals surface area (Å²) < 4.78 is 24.1. The van der Waals surface area contributed by atoms with Gasteiger partial charge >= 0.3 is 0 Å². The van der Waals surface area contributed by atoms with E-state index in [1.165, 1.54) is 4.31 Å². The highest BCUT2D eigenvalue weighted by molar-refractivity contribution is 7.89. The van der Waals surface area contributed by atoms with Crippen LogP contribution in [0.3, 0.4) is 0 Å². The Morgan fingerprint density at radius 3 is 2.17 bits per heavy atom. The summed E-state index contributed by atoms with van der Waals surface area (Å²) in [6.45, 7) is 1.59. The van der Waals surface area contributed by atoms with E-state index in [-0.39, 0.29) is 24.7 Å². The fourth-order valence-electron chi connectivity index (χ4n) is 1.24. The SMILES string of the molecule is Cl.NCCS(=O)(=O)N1CCCC1. The van der Waals surface area contributed by atoms with Gasteiger partial charge in [0.2, 0.25) is 10.0 Å². The van der Waals surface area contributed by atoms with Crippen LogP contribution in [-0.4, -0.2) is 38.1 Å². The van der Waals surface area contributed by atoms with Gasteiger partial charge in [-0.2, -0.15) is 0 Å². The van der Waals surface area contributed by atoms with E-state index in [9.17, 15) is 8.42 Å². The van der Waals surface area contributed by atoms with Crippen LogP contribution in [0, 0.1) is 0 Å². The zero-order chi connectivity index (χ0) is 8.32. The van der Waals surface area contributed by atoms with Crippen molar-refractivity contribution in [2.24, 2.45) is 5.73 Å². The maximum atomic E-state index is 11.3. The molecule has 0 aromatic rings. The summed E-state index contributed by atoms with van der Waals surface area (Å²) in [5, 5.41) is 0. The lowest BCUT2D eigenvalue weighted by Crippen LogP contribution is -2.32. The Bertz CT molecular complexity index is 212. The maximum absolute atomic E-state index is 11.3. The maximum Gasteiger partial charge on any atom is 0.215 e. The van der Waals surface area contributed by atoms with Gasteiger partial charge in [0.15, 0.2) is 0 Å². The fraction of sp³-hybridized carbons (Fsp3) is 1.00. The van der Waals surface area contributed by atoms with Gasteiger partial charge in [0, 0.05) is 19.6 Å². The highest BCUT2D eigenvalue weighted by Gasteiger charge is 2.23. The first-order valence-corrected chi connectivity index (χ1v) is 5.45. The Morgan fingerprint density at radius 1 is 1.25 bits per heavy atom. The van der Waals surface area contributed by atoms with Crippen LogP contribution < -0.4 is 5.73 Å². The van der Waals surface area contributed by atoms with Crippen molar-refractivity contribution in [3.8, 4) is 0 Å². The lowest BCUT2D eigenvalue weighted by molar-refractivity contribution is 0.477. The smallest absolute Gasteiger partial charge is 0.215 e. The molecule has 4 nitrogen and oxygen atoms in total. The summed E-state index contributed by atoms with van der Waals surface area (Å²) in [5.41, 5.74) is 5.18. The summed E-state index contributed by atoms with van der Waals surface area (Å²) in [5.74, 6) is 0.0903. The number of hydrogen-bond acceptors (Lipinski definition) is 3. The lowest BCUT2D eigenvalue weighted by atomic mass is 10.4. The highest BCUT2D eigenvalue weighted by atomic mass is 35.5. The number of nitrogens with two attached hydrogens (primary N) is 1. The van der Waals surface area contributed by atoms with Crippen LogP contribution in [0.2, 0.25) is 0 Å². The number of sulfonamides is 1. The Morgan fingerprint density at radius 2 is 1.75 bits per heavy atom. The van der Waals surface area contributed by atoms with Gasteiger partial charge in [-0.05, 0) is 12.8 Å². The third-order valence-corrected chi connectivity index (χ3v) is 3.74. The van der Waals surface area contributed by atoms with E-state index in [4.69, 9.17) is 5.73 Å². The molecule has 1 saturated heterocycles. The monoisotopic (exact) mass is 214 g/mol. The summed E-state index contributed by atoms with van der Waals surface area (Å²) in [7, 11) is -3.00. The molecule has 0 amide bonds. The molecule has 6 heteroatoms. The summed E-state index contributed by atoms with van der Waals surface area (Å²) in [6.07, 6.45) is 1.98. The van der Waals surface area contributed by atoms with Crippen LogP contribution in [-0.2, 0) is 10.0 Å². The van der Waals surface area contributed by atoms with E-state index < -0.39 is 10.0 Å². The zero-order valence-corrected chi connectivity index (χ0v) is 8.53. The molecule has 0 saturated carbocycles. The van der Waals surface area contributed by atoms with Crippen molar-refractivity contribution in [1.82, 2.24) is 4.31 Å². The van der Waals surface area contributed by atoms with Gasteiger partial charge in [-0.25, -0.2) is 12.7 Å². The van der Waals surface area contributed by atoms with Gasteiger partial charge in [0.25, 0.3) is 0 Å². The second-order valence-electron chi connectivity index (χ2n) is 2.71. The van der Waals surface area contributed by atoms with E-state index in [1.807, 2.05) is 0 Å². The molecule has 0 aromatic heterocycles. The Hall–Kier alpha value is 0.160. The molecule has 0 spiro atoms. The van der Waals surface area contributed by atoms with Gasteiger partial charge in [0.05, 0.1) is 5.75 Å². The number of rotatable bonds is 3. The van der Waals surface area contributed by atoms with Crippen LogP contribution in [0.1, 0.15) is 12.8 Å². The van der Waals surface area contributed by atoms with Gasteiger partial charge in [-0.15, -0.1) is 12.4 Å². The number of halogens is 1. The van der Waals surface area contributed by atoms with Crippen LogP contribution in [0.15, 0.2) is 0 Å². The third kappa shape index (κ3) is 2.90.